The van der Waals surface area contributed by atoms with Gasteiger partial charge < -0.3 is 14.8 Å². The van der Waals surface area contributed by atoms with E-state index < -0.39 is 11.7 Å². The summed E-state index contributed by atoms with van der Waals surface area (Å²) in [7, 11) is 0. The maximum absolute atomic E-state index is 12.8. The Hall–Kier alpha value is -2.11. The van der Waals surface area contributed by atoms with Gasteiger partial charge in [0, 0.05) is 44.3 Å². The number of alkyl halides is 3. The van der Waals surface area contributed by atoms with Crippen LogP contribution in [-0.4, -0.2) is 31.2 Å². The van der Waals surface area contributed by atoms with Gasteiger partial charge in [-0.25, -0.2) is 0 Å². The summed E-state index contributed by atoms with van der Waals surface area (Å²) < 4.78 is 38.3. The molecule has 0 unspecified atom stereocenters. The summed E-state index contributed by atoms with van der Waals surface area (Å²) in [5, 5.41) is 0. The molecule has 1 aliphatic rings. The number of rotatable bonds is 2. The van der Waals surface area contributed by atoms with Crippen LogP contribution in [0.2, 0.25) is 0 Å². The van der Waals surface area contributed by atoms with Crippen molar-refractivity contribution in [3.63, 3.8) is 0 Å². The van der Waals surface area contributed by atoms with Gasteiger partial charge in [-0.3, -0.25) is 0 Å². The molecule has 1 aliphatic heterocycles. The molecule has 1 saturated heterocycles. The minimum absolute atomic E-state index is 0.590. The molecule has 3 rings (SSSR count). The van der Waals surface area contributed by atoms with E-state index >= 15 is 0 Å². The Morgan fingerprint density at radius 1 is 0.905 bits per heavy atom. The highest BCUT2D eigenvalue weighted by Crippen LogP contribution is 2.32. The van der Waals surface area contributed by atoms with E-state index in [1.165, 1.54) is 12.1 Å². The normalized spacial score (nSPS) is 16.3. The van der Waals surface area contributed by atoms with Crippen molar-refractivity contribution in [3.05, 3.63) is 48.3 Å². The van der Waals surface area contributed by atoms with Crippen molar-refractivity contribution < 1.29 is 13.2 Å². The summed E-state index contributed by atoms with van der Waals surface area (Å²) in [5.74, 6) is 0. The van der Waals surface area contributed by atoms with E-state index in [1.807, 2.05) is 23.4 Å². The molecule has 21 heavy (non-hydrogen) atoms. The van der Waals surface area contributed by atoms with E-state index in [9.17, 15) is 13.2 Å². The topological polar surface area (TPSA) is 22.3 Å². The summed E-state index contributed by atoms with van der Waals surface area (Å²) in [5.41, 5.74) is 1.17. The summed E-state index contributed by atoms with van der Waals surface area (Å²) in [6.45, 7) is 3.03. The predicted molar refractivity (Wildman–Crippen MR) is 76.7 cm³/mol. The first-order chi connectivity index (χ1) is 10.0. The fourth-order valence-electron chi connectivity index (χ4n) is 2.61. The quantitative estimate of drug-likeness (QED) is 0.918. The molecule has 1 aromatic carbocycles. The second kappa shape index (κ2) is 5.35. The minimum Gasteiger partial charge on any atom is -0.368 e. The lowest BCUT2D eigenvalue weighted by Crippen LogP contribution is -2.46. The summed E-state index contributed by atoms with van der Waals surface area (Å²) in [4.78, 5) is 7.23. The molecule has 0 aliphatic carbocycles. The van der Waals surface area contributed by atoms with Crippen LogP contribution >= 0.6 is 0 Å². The van der Waals surface area contributed by atoms with Crippen molar-refractivity contribution >= 4 is 11.4 Å². The Bertz CT molecular complexity index is 584. The predicted octanol–water partition coefficient (Wildman–Crippen LogP) is 3.36. The third-order valence-electron chi connectivity index (χ3n) is 3.76. The number of halogens is 3. The van der Waals surface area contributed by atoms with Crippen LogP contribution < -0.4 is 9.80 Å². The number of nitrogens with one attached hydrogen (secondary N) is 1. The van der Waals surface area contributed by atoms with Crippen molar-refractivity contribution in [1.29, 1.82) is 0 Å². The fourth-order valence-corrected chi connectivity index (χ4v) is 2.61. The van der Waals surface area contributed by atoms with Gasteiger partial charge in [0.05, 0.1) is 11.3 Å². The minimum atomic E-state index is -4.29. The van der Waals surface area contributed by atoms with Crippen LogP contribution in [0.25, 0.3) is 0 Å². The second-order valence-corrected chi connectivity index (χ2v) is 5.09. The monoisotopic (exact) mass is 295 g/mol. The number of nitrogens with zero attached hydrogens (tertiary/aromatic N) is 2. The lowest BCUT2D eigenvalue weighted by atomic mass is 10.1. The van der Waals surface area contributed by atoms with Crippen molar-refractivity contribution in [2.24, 2.45) is 0 Å². The van der Waals surface area contributed by atoms with Gasteiger partial charge in [-0.1, -0.05) is 6.07 Å². The van der Waals surface area contributed by atoms with Crippen LogP contribution in [-0.2, 0) is 6.18 Å². The largest absolute Gasteiger partial charge is 0.416 e. The lowest BCUT2D eigenvalue weighted by Gasteiger charge is -2.37. The molecule has 0 radical (unpaired) electrons. The third kappa shape index (κ3) is 2.99. The first kappa shape index (κ1) is 13.9. The molecule has 0 atom stereocenters. The fraction of sp³-hybridized carbons (Fsp3) is 0.333. The number of aromatic nitrogens is 1. The number of hydrogen-bond acceptors (Lipinski definition) is 2. The maximum Gasteiger partial charge on any atom is 0.416 e. The molecule has 3 nitrogen and oxygen atoms in total. The van der Waals surface area contributed by atoms with Gasteiger partial charge in [-0.2, -0.15) is 13.2 Å². The molecule has 2 heterocycles. The number of H-pyrrole nitrogens is 1. The molecular weight excluding hydrogens is 279 g/mol. The molecule has 2 aromatic rings. The number of aromatic amines is 1. The van der Waals surface area contributed by atoms with Gasteiger partial charge in [0.25, 0.3) is 0 Å². The smallest absolute Gasteiger partial charge is 0.368 e. The maximum atomic E-state index is 12.8. The van der Waals surface area contributed by atoms with Crippen molar-refractivity contribution in [1.82, 2.24) is 4.98 Å². The Labute approximate surface area is 121 Å². The van der Waals surface area contributed by atoms with Crippen LogP contribution in [0, 0.1) is 0 Å². The van der Waals surface area contributed by atoms with E-state index in [0.29, 0.717) is 18.8 Å². The Morgan fingerprint density at radius 3 is 2.14 bits per heavy atom. The highest BCUT2D eigenvalue weighted by molar-refractivity contribution is 5.52. The van der Waals surface area contributed by atoms with Gasteiger partial charge in [-0.15, -0.1) is 0 Å². The molecule has 1 N–H and O–H groups in total. The third-order valence-corrected chi connectivity index (χ3v) is 3.76. The second-order valence-electron chi connectivity index (χ2n) is 5.09. The average molecular weight is 295 g/mol. The van der Waals surface area contributed by atoms with Crippen molar-refractivity contribution in [2.45, 2.75) is 6.18 Å². The summed E-state index contributed by atoms with van der Waals surface area (Å²) in [6.07, 6.45) is -0.489. The lowest BCUT2D eigenvalue weighted by molar-refractivity contribution is -0.137. The van der Waals surface area contributed by atoms with Crippen LogP contribution in [0.1, 0.15) is 5.56 Å². The van der Waals surface area contributed by atoms with Gasteiger partial charge >= 0.3 is 6.18 Å². The first-order valence-corrected chi connectivity index (χ1v) is 6.84. The van der Waals surface area contributed by atoms with Gasteiger partial charge in [0.2, 0.25) is 0 Å². The SMILES string of the molecule is FC(F)(F)c1cccc(N2CCN(c3cc[nH]c3)CC2)c1. The zero-order valence-electron chi connectivity index (χ0n) is 11.4. The zero-order valence-corrected chi connectivity index (χ0v) is 11.4. The van der Waals surface area contributed by atoms with Gasteiger partial charge in [0.1, 0.15) is 0 Å². The molecule has 1 aromatic heterocycles. The number of benzene rings is 1. The van der Waals surface area contributed by atoms with E-state index in [-0.39, 0.29) is 0 Å². The summed E-state index contributed by atoms with van der Waals surface area (Å²) >= 11 is 0. The van der Waals surface area contributed by atoms with E-state index in [0.717, 1.165) is 24.8 Å². The van der Waals surface area contributed by atoms with Crippen LogP contribution in [0.5, 0.6) is 0 Å². The molecule has 0 bridgehead atoms. The first-order valence-electron chi connectivity index (χ1n) is 6.84. The molecule has 1 fully saturated rings. The standard InChI is InChI=1S/C15H16F3N3/c16-15(17,18)12-2-1-3-13(10-12)20-6-8-21(9-7-20)14-4-5-19-11-14/h1-5,10-11,19H,6-9H2. The molecular formula is C15H16F3N3. The Morgan fingerprint density at radius 2 is 1.57 bits per heavy atom. The van der Waals surface area contributed by atoms with Gasteiger partial charge in [-0.05, 0) is 24.3 Å². The number of piperazine rings is 1. The van der Waals surface area contributed by atoms with Crippen LogP contribution in [0.3, 0.4) is 0 Å². The summed E-state index contributed by atoms with van der Waals surface area (Å²) in [6, 6.07) is 7.54. The number of anilines is 2. The van der Waals surface area contributed by atoms with Crippen molar-refractivity contribution in [3.8, 4) is 0 Å². The number of hydrogen-bond donors (Lipinski definition) is 1. The van der Waals surface area contributed by atoms with Crippen LogP contribution in [0.15, 0.2) is 42.7 Å². The average Bonchev–Trinajstić information content (AvgIpc) is 3.01. The highest BCUT2D eigenvalue weighted by atomic mass is 19.4. The molecule has 112 valence electrons. The highest BCUT2D eigenvalue weighted by Gasteiger charge is 2.31. The Balaban J connectivity index is 1.70. The zero-order chi connectivity index (χ0) is 14.9. The molecule has 0 spiro atoms. The molecule has 0 amide bonds. The van der Waals surface area contributed by atoms with E-state index in [2.05, 4.69) is 9.88 Å². The van der Waals surface area contributed by atoms with Crippen molar-refractivity contribution in [2.75, 3.05) is 36.0 Å². The Kier molecular flexibility index (Phi) is 3.53. The molecule has 6 heteroatoms. The van der Waals surface area contributed by atoms with Crippen LogP contribution in [0.4, 0.5) is 24.5 Å². The van der Waals surface area contributed by atoms with E-state index in [4.69, 9.17) is 0 Å². The van der Waals surface area contributed by atoms with E-state index in [1.54, 1.807) is 6.07 Å². The van der Waals surface area contributed by atoms with Gasteiger partial charge in [0.15, 0.2) is 0 Å². The molecule has 0 saturated carbocycles.